The Morgan fingerprint density at radius 3 is 2.19 bits per heavy atom. The van der Waals surface area contributed by atoms with Crippen molar-refractivity contribution >= 4 is 23.0 Å². The van der Waals surface area contributed by atoms with Gasteiger partial charge in [-0.3, -0.25) is 14.9 Å². The van der Waals surface area contributed by atoms with Crippen molar-refractivity contribution in [3.05, 3.63) is 63.2 Å². The molecule has 232 valence electrons. The second-order valence-electron chi connectivity index (χ2n) is 10.6. The molecule has 0 aromatic heterocycles. The fraction of sp³-hybridized carbons (Fsp3) is 0.500. The number of amides is 1. The number of ether oxygens (including phenoxy) is 1. The Hall–Kier alpha value is -4.06. The van der Waals surface area contributed by atoms with E-state index in [1.54, 1.807) is 11.0 Å². The van der Waals surface area contributed by atoms with E-state index in [0.717, 1.165) is 24.3 Å². The highest BCUT2D eigenvalue weighted by Crippen LogP contribution is 2.39. The third-order valence-corrected chi connectivity index (χ3v) is 7.65. The van der Waals surface area contributed by atoms with Gasteiger partial charge in [0.15, 0.2) is 0 Å². The van der Waals surface area contributed by atoms with Gasteiger partial charge >= 0.3 is 12.4 Å². The van der Waals surface area contributed by atoms with Crippen molar-refractivity contribution in [3.8, 4) is 6.07 Å². The van der Waals surface area contributed by atoms with Crippen molar-refractivity contribution < 1.29 is 40.8 Å². The summed E-state index contributed by atoms with van der Waals surface area (Å²) in [5.74, 6) is -0.328. The minimum absolute atomic E-state index is 0.0872. The maximum absolute atomic E-state index is 13.3. The third kappa shape index (κ3) is 8.28. The number of nitro benzene ring substituents is 1. The lowest BCUT2D eigenvalue weighted by Gasteiger charge is -2.34. The molecule has 43 heavy (non-hydrogen) atoms. The first kappa shape index (κ1) is 31.9. The van der Waals surface area contributed by atoms with Gasteiger partial charge in [-0.2, -0.15) is 31.6 Å². The predicted molar refractivity (Wildman–Crippen MR) is 143 cm³/mol. The van der Waals surface area contributed by atoms with Gasteiger partial charge in [0.05, 0.1) is 28.2 Å². The first-order chi connectivity index (χ1) is 20.2. The van der Waals surface area contributed by atoms with Crippen LogP contribution in [0.4, 0.5) is 43.4 Å². The van der Waals surface area contributed by atoms with E-state index < -0.39 is 39.7 Å². The van der Waals surface area contributed by atoms with E-state index in [9.17, 15) is 41.3 Å². The number of alkyl halides is 6. The molecule has 1 heterocycles. The number of carbonyl (C=O) groups is 1. The van der Waals surface area contributed by atoms with Crippen molar-refractivity contribution in [2.75, 3.05) is 29.9 Å². The van der Waals surface area contributed by atoms with Crippen molar-refractivity contribution in [2.45, 2.75) is 69.1 Å². The molecule has 15 heteroatoms. The number of rotatable bonds is 8. The van der Waals surface area contributed by atoms with E-state index in [1.165, 1.54) is 12.1 Å². The number of hydrogen-bond acceptors (Lipinski definition) is 7. The van der Waals surface area contributed by atoms with Crippen molar-refractivity contribution in [1.82, 2.24) is 5.32 Å². The SMILES string of the molecule is N#Cc1ccc(NC2CCC(OCC(=O)NC3CCN(c4ccc([N+](=O)[O-])c(C(F)(F)F)c4)CC3)CC2)cc1C(F)(F)F. The van der Waals surface area contributed by atoms with Crippen LogP contribution < -0.4 is 15.5 Å². The van der Waals surface area contributed by atoms with Crippen LogP contribution in [0.1, 0.15) is 55.2 Å². The number of nitrogens with one attached hydrogen (secondary N) is 2. The van der Waals surface area contributed by atoms with Gasteiger partial charge in [-0.25, -0.2) is 0 Å². The van der Waals surface area contributed by atoms with Gasteiger partial charge in [0.2, 0.25) is 5.91 Å². The molecule has 2 fully saturated rings. The number of nitriles is 1. The molecule has 1 saturated carbocycles. The fourth-order valence-corrected chi connectivity index (χ4v) is 5.43. The van der Waals surface area contributed by atoms with Crippen LogP contribution in [0.15, 0.2) is 36.4 Å². The first-order valence-corrected chi connectivity index (χ1v) is 13.6. The van der Waals surface area contributed by atoms with E-state index in [2.05, 4.69) is 10.6 Å². The number of halogens is 6. The number of piperidine rings is 1. The van der Waals surface area contributed by atoms with Gasteiger partial charge in [-0.15, -0.1) is 0 Å². The van der Waals surface area contributed by atoms with E-state index in [4.69, 9.17) is 10.00 Å². The Bertz CT molecular complexity index is 1360. The number of nitrogens with zero attached hydrogens (tertiary/aromatic N) is 3. The summed E-state index contributed by atoms with van der Waals surface area (Å²) < 4.78 is 85.4. The monoisotopic (exact) mass is 613 g/mol. The lowest BCUT2D eigenvalue weighted by atomic mass is 9.92. The molecule has 4 rings (SSSR count). The summed E-state index contributed by atoms with van der Waals surface area (Å²) in [6, 6.07) is 7.69. The lowest BCUT2D eigenvalue weighted by molar-refractivity contribution is -0.388. The van der Waals surface area contributed by atoms with E-state index in [0.29, 0.717) is 51.6 Å². The molecule has 9 nitrogen and oxygen atoms in total. The largest absolute Gasteiger partial charge is 0.423 e. The number of nitro groups is 1. The van der Waals surface area contributed by atoms with Crippen LogP contribution in [0.25, 0.3) is 0 Å². The van der Waals surface area contributed by atoms with Crippen LogP contribution >= 0.6 is 0 Å². The van der Waals surface area contributed by atoms with Gasteiger partial charge in [-0.1, -0.05) is 0 Å². The Morgan fingerprint density at radius 2 is 1.60 bits per heavy atom. The van der Waals surface area contributed by atoms with Crippen molar-refractivity contribution in [3.63, 3.8) is 0 Å². The molecule has 1 saturated heterocycles. The molecular formula is C28H29F6N5O4. The second-order valence-corrected chi connectivity index (χ2v) is 10.6. The quantitative estimate of drug-likeness (QED) is 0.212. The molecule has 0 atom stereocenters. The van der Waals surface area contributed by atoms with E-state index in [1.807, 2.05) is 0 Å². The normalized spacial score (nSPS) is 19.9. The van der Waals surface area contributed by atoms with Crippen LogP contribution in [-0.4, -0.2) is 48.7 Å². The van der Waals surface area contributed by atoms with Crippen LogP contribution in [0.2, 0.25) is 0 Å². The Morgan fingerprint density at radius 1 is 0.953 bits per heavy atom. The average Bonchev–Trinajstić information content (AvgIpc) is 2.96. The molecule has 1 aliphatic carbocycles. The molecule has 2 aromatic rings. The van der Waals surface area contributed by atoms with Gasteiger partial charge in [0.25, 0.3) is 5.69 Å². The zero-order chi connectivity index (χ0) is 31.4. The molecule has 0 radical (unpaired) electrons. The highest BCUT2D eigenvalue weighted by Gasteiger charge is 2.39. The maximum atomic E-state index is 13.3. The van der Waals surface area contributed by atoms with E-state index >= 15 is 0 Å². The molecule has 2 N–H and O–H groups in total. The van der Waals surface area contributed by atoms with Gasteiger partial charge in [0.1, 0.15) is 12.2 Å². The summed E-state index contributed by atoms with van der Waals surface area (Å²) in [6.07, 6.45) is -6.34. The topological polar surface area (TPSA) is 121 Å². The summed E-state index contributed by atoms with van der Waals surface area (Å²) in [6.45, 7) is 0.522. The minimum atomic E-state index is -4.87. The van der Waals surface area contributed by atoms with Crippen molar-refractivity contribution in [2.24, 2.45) is 0 Å². The molecule has 0 bridgehead atoms. The number of hydrogen-bond donors (Lipinski definition) is 2. The summed E-state index contributed by atoms with van der Waals surface area (Å²) in [4.78, 5) is 24.1. The molecule has 1 amide bonds. The molecular weight excluding hydrogens is 584 g/mol. The Balaban J connectivity index is 1.19. The third-order valence-electron chi connectivity index (χ3n) is 7.65. The lowest BCUT2D eigenvalue weighted by Crippen LogP contribution is -2.46. The molecule has 0 unspecified atom stereocenters. The first-order valence-electron chi connectivity index (χ1n) is 13.6. The number of anilines is 2. The molecule has 2 aliphatic rings. The number of carbonyl (C=O) groups excluding carboxylic acids is 1. The number of benzene rings is 2. The van der Waals surface area contributed by atoms with Crippen molar-refractivity contribution in [1.29, 1.82) is 5.26 Å². The smallest absolute Gasteiger partial charge is 0.382 e. The Kier molecular flexibility index (Phi) is 9.69. The van der Waals surface area contributed by atoms with Gasteiger partial charge in [0, 0.05) is 42.6 Å². The molecule has 0 spiro atoms. The molecule has 2 aromatic carbocycles. The van der Waals surface area contributed by atoms with Crippen LogP contribution in [0, 0.1) is 21.4 Å². The van der Waals surface area contributed by atoms with E-state index in [-0.39, 0.29) is 42.1 Å². The average molecular weight is 614 g/mol. The van der Waals surface area contributed by atoms with Crippen LogP contribution in [0.3, 0.4) is 0 Å². The maximum Gasteiger partial charge on any atom is 0.423 e. The second kappa shape index (κ2) is 13.1. The summed E-state index contributed by atoms with van der Waals surface area (Å²) >= 11 is 0. The van der Waals surface area contributed by atoms with Gasteiger partial charge < -0.3 is 20.3 Å². The predicted octanol–water partition coefficient (Wildman–Crippen LogP) is 6.03. The highest BCUT2D eigenvalue weighted by molar-refractivity contribution is 5.77. The van der Waals surface area contributed by atoms with Crippen LogP contribution in [-0.2, 0) is 21.9 Å². The Labute approximate surface area is 242 Å². The molecule has 1 aliphatic heterocycles. The fourth-order valence-electron chi connectivity index (χ4n) is 5.43. The summed E-state index contributed by atoms with van der Waals surface area (Å²) in [5, 5.41) is 25.9. The zero-order valence-electron chi connectivity index (χ0n) is 22.8. The summed E-state index contributed by atoms with van der Waals surface area (Å²) in [7, 11) is 0. The van der Waals surface area contributed by atoms with Crippen LogP contribution in [0.5, 0.6) is 0 Å². The summed E-state index contributed by atoms with van der Waals surface area (Å²) in [5.41, 5.74) is -3.25. The minimum Gasteiger partial charge on any atom is -0.382 e. The highest BCUT2D eigenvalue weighted by atomic mass is 19.4. The van der Waals surface area contributed by atoms with Gasteiger partial charge in [-0.05, 0) is 68.9 Å². The standard InChI is InChI=1S/C28H29F6N5O4/c29-27(30,31)23-13-20(2-1-17(23)15-35)36-18-3-6-22(7-4-18)43-16-26(40)37-19-9-11-38(12-10-19)21-5-8-25(39(41)42)24(14-21)28(32,33)34/h1-2,5,8,13-14,18-19,22,36H,3-4,6-7,9-12,16H2,(H,37,40). The zero-order valence-corrected chi connectivity index (χ0v) is 22.8.